The minimum Gasteiger partial charge on any atom is -0.497 e. The van der Waals surface area contributed by atoms with Crippen LogP contribution < -0.4 is 10.1 Å². The molecule has 0 radical (unpaired) electrons. The molecule has 0 aliphatic carbocycles. The predicted molar refractivity (Wildman–Crippen MR) is 93.0 cm³/mol. The summed E-state index contributed by atoms with van der Waals surface area (Å²) in [6, 6.07) is 8.42. The number of H-pyrrole nitrogens is 1. The lowest BCUT2D eigenvalue weighted by atomic mass is 10.3. The van der Waals surface area contributed by atoms with E-state index in [9.17, 15) is 13.6 Å². The van der Waals surface area contributed by atoms with Gasteiger partial charge in [-0.2, -0.15) is 0 Å². The highest BCUT2D eigenvalue weighted by Gasteiger charge is 2.18. The maximum atomic E-state index is 13.6. The molecule has 2 N–H and O–H groups in total. The number of imidazole rings is 1. The highest BCUT2D eigenvalue weighted by molar-refractivity contribution is 8.00. The second-order valence-corrected chi connectivity index (χ2v) is 6.63. The molecule has 0 aliphatic heterocycles. The number of hydrogen-bond acceptors (Lipinski definition) is 4. The second-order valence-electron chi connectivity index (χ2n) is 5.30. The van der Waals surface area contributed by atoms with Crippen LogP contribution in [-0.4, -0.2) is 28.2 Å². The summed E-state index contributed by atoms with van der Waals surface area (Å²) in [5.74, 6) is -1.23. The van der Waals surface area contributed by atoms with Gasteiger partial charge in [0, 0.05) is 12.1 Å². The molecule has 130 valence electrons. The van der Waals surface area contributed by atoms with Crippen molar-refractivity contribution >= 4 is 34.4 Å². The van der Waals surface area contributed by atoms with Gasteiger partial charge in [0.15, 0.2) is 5.16 Å². The number of carbonyl (C=O) groups is 1. The number of ether oxygens (including phenoxy) is 1. The van der Waals surface area contributed by atoms with Crippen LogP contribution in [0.15, 0.2) is 41.6 Å². The number of nitrogens with zero attached hydrogens (tertiary/aromatic N) is 1. The van der Waals surface area contributed by atoms with E-state index in [1.54, 1.807) is 20.1 Å². The molecule has 0 bridgehead atoms. The Kier molecular flexibility index (Phi) is 4.89. The van der Waals surface area contributed by atoms with Gasteiger partial charge in [0.05, 0.1) is 29.1 Å². The Balaban J connectivity index is 1.70. The molecule has 5 nitrogen and oxygen atoms in total. The number of thioether (sulfide) groups is 1. The van der Waals surface area contributed by atoms with Crippen molar-refractivity contribution < 1.29 is 18.3 Å². The van der Waals surface area contributed by atoms with Gasteiger partial charge in [-0.3, -0.25) is 4.79 Å². The van der Waals surface area contributed by atoms with Crippen molar-refractivity contribution in [1.29, 1.82) is 0 Å². The summed E-state index contributed by atoms with van der Waals surface area (Å²) in [4.78, 5) is 19.7. The molecular formula is C17H15F2N3O2S. The first-order valence-corrected chi connectivity index (χ1v) is 8.30. The predicted octanol–water partition coefficient (Wildman–Crippen LogP) is 3.97. The summed E-state index contributed by atoms with van der Waals surface area (Å²) in [5, 5.41) is 2.47. The van der Waals surface area contributed by atoms with E-state index in [2.05, 4.69) is 15.3 Å². The third kappa shape index (κ3) is 3.90. The van der Waals surface area contributed by atoms with Crippen LogP contribution in [0.1, 0.15) is 6.92 Å². The van der Waals surface area contributed by atoms with Gasteiger partial charge in [0.25, 0.3) is 0 Å². The lowest BCUT2D eigenvalue weighted by Crippen LogP contribution is -2.23. The van der Waals surface area contributed by atoms with Crippen LogP contribution in [-0.2, 0) is 4.79 Å². The van der Waals surface area contributed by atoms with Crippen LogP contribution in [0.4, 0.5) is 14.5 Å². The van der Waals surface area contributed by atoms with E-state index in [1.165, 1.54) is 17.8 Å². The van der Waals surface area contributed by atoms with Crippen LogP contribution in [0.25, 0.3) is 11.0 Å². The minimum absolute atomic E-state index is 0.0619. The second kappa shape index (κ2) is 7.10. The molecule has 1 heterocycles. The van der Waals surface area contributed by atoms with Gasteiger partial charge in [-0.1, -0.05) is 11.8 Å². The van der Waals surface area contributed by atoms with Crippen LogP contribution >= 0.6 is 11.8 Å². The fourth-order valence-corrected chi connectivity index (χ4v) is 3.02. The number of rotatable bonds is 5. The molecule has 8 heteroatoms. The van der Waals surface area contributed by atoms with Gasteiger partial charge in [-0.05, 0) is 31.2 Å². The highest BCUT2D eigenvalue weighted by atomic mass is 32.2. The van der Waals surface area contributed by atoms with Gasteiger partial charge >= 0.3 is 0 Å². The number of aromatic nitrogens is 2. The zero-order valence-electron chi connectivity index (χ0n) is 13.5. The quantitative estimate of drug-likeness (QED) is 0.673. The number of aromatic amines is 1. The van der Waals surface area contributed by atoms with Crippen molar-refractivity contribution in [3.8, 4) is 5.75 Å². The molecule has 0 saturated heterocycles. The first-order chi connectivity index (χ1) is 12.0. The van der Waals surface area contributed by atoms with Gasteiger partial charge in [-0.25, -0.2) is 13.8 Å². The van der Waals surface area contributed by atoms with Crippen LogP contribution in [0.2, 0.25) is 0 Å². The van der Waals surface area contributed by atoms with Gasteiger partial charge < -0.3 is 15.0 Å². The number of fused-ring (bicyclic) bond motifs is 1. The molecule has 1 atom stereocenters. The molecule has 1 aromatic heterocycles. The molecule has 1 amide bonds. The summed E-state index contributed by atoms with van der Waals surface area (Å²) in [6.45, 7) is 1.68. The van der Waals surface area contributed by atoms with E-state index in [0.29, 0.717) is 10.9 Å². The Morgan fingerprint density at radius 1 is 1.28 bits per heavy atom. The molecule has 1 unspecified atom stereocenters. The topological polar surface area (TPSA) is 67.0 Å². The first-order valence-electron chi connectivity index (χ1n) is 7.42. The number of hydrogen-bond donors (Lipinski definition) is 2. The lowest BCUT2D eigenvalue weighted by molar-refractivity contribution is -0.115. The number of methoxy groups -OCH3 is 1. The number of halogens is 2. The van der Waals surface area contributed by atoms with Gasteiger partial charge in [0.1, 0.15) is 17.4 Å². The van der Waals surface area contributed by atoms with Crippen LogP contribution in [0, 0.1) is 11.6 Å². The molecule has 0 saturated carbocycles. The third-order valence-electron chi connectivity index (χ3n) is 3.51. The molecule has 3 aromatic rings. The molecule has 25 heavy (non-hydrogen) atoms. The summed E-state index contributed by atoms with van der Waals surface area (Å²) < 4.78 is 31.7. The molecule has 0 fully saturated rings. The number of anilines is 1. The maximum absolute atomic E-state index is 13.6. The number of amides is 1. The van der Waals surface area contributed by atoms with Crippen LogP contribution in [0.5, 0.6) is 5.75 Å². The summed E-state index contributed by atoms with van der Waals surface area (Å²) in [6.07, 6.45) is 0. The standard InChI is InChI=1S/C17H15F2N3O2S/c1-9(16(23)20-13-5-3-10(18)7-12(13)19)25-17-21-14-6-4-11(24-2)8-15(14)22-17/h3-9H,1-2H3,(H,20,23)(H,21,22). The molecule has 0 spiro atoms. The minimum atomic E-state index is -0.818. The lowest BCUT2D eigenvalue weighted by Gasteiger charge is -2.11. The number of nitrogens with one attached hydrogen (secondary N) is 2. The number of carbonyl (C=O) groups excluding carboxylic acids is 1. The third-order valence-corrected chi connectivity index (χ3v) is 4.50. The average molecular weight is 363 g/mol. The Morgan fingerprint density at radius 2 is 2.08 bits per heavy atom. The highest BCUT2D eigenvalue weighted by Crippen LogP contribution is 2.26. The molecule has 0 aliphatic rings. The monoisotopic (exact) mass is 363 g/mol. The molecular weight excluding hydrogens is 348 g/mol. The maximum Gasteiger partial charge on any atom is 0.237 e. The van der Waals surface area contributed by atoms with Crippen molar-refractivity contribution in [3.63, 3.8) is 0 Å². The van der Waals surface area contributed by atoms with Crippen LogP contribution in [0.3, 0.4) is 0 Å². The van der Waals surface area contributed by atoms with Gasteiger partial charge in [-0.15, -0.1) is 0 Å². The number of benzene rings is 2. The Labute approximate surface area is 146 Å². The largest absolute Gasteiger partial charge is 0.497 e. The van der Waals surface area contributed by atoms with Crippen molar-refractivity contribution in [3.05, 3.63) is 48.0 Å². The van der Waals surface area contributed by atoms with E-state index < -0.39 is 22.8 Å². The van der Waals surface area contributed by atoms with E-state index in [1.807, 2.05) is 12.1 Å². The summed E-state index contributed by atoms with van der Waals surface area (Å²) in [7, 11) is 1.58. The smallest absolute Gasteiger partial charge is 0.237 e. The Hall–Kier alpha value is -2.61. The van der Waals surface area contributed by atoms with E-state index in [0.717, 1.165) is 23.2 Å². The van der Waals surface area contributed by atoms with Gasteiger partial charge in [0.2, 0.25) is 5.91 Å². The fourth-order valence-electron chi connectivity index (χ4n) is 2.19. The van der Waals surface area contributed by atoms with Crippen molar-refractivity contribution in [1.82, 2.24) is 9.97 Å². The SMILES string of the molecule is COc1ccc2nc(SC(C)C(=O)Nc3ccc(F)cc3F)[nH]c2c1. The van der Waals surface area contributed by atoms with E-state index in [4.69, 9.17) is 4.74 Å². The fraction of sp³-hybridized carbons (Fsp3) is 0.176. The Morgan fingerprint density at radius 3 is 2.80 bits per heavy atom. The zero-order valence-corrected chi connectivity index (χ0v) is 14.3. The van der Waals surface area contributed by atoms with E-state index >= 15 is 0 Å². The van der Waals surface area contributed by atoms with Crippen molar-refractivity contribution in [2.75, 3.05) is 12.4 Å². The van der Waals surface area contributed by atoms with Crippen molar-refractivity contribution in [2.24, 2.45) is 0 Å². The van der Waals surface area contributed by atoms with E-state index in [-0.39, 0.29) is 5.69 Å². The molecule has 3 rings (SSSR count). The van der Waals surface area contributed by atoms with Crippen molar-refractivity contribution in [2.45, 2.75) is 17.3 Å². The summed E-state index contributed by atoms with van der Waals surface area (Å²) >= 11 is 1.20. The zero-order chi connectivity index (χ0) is 18.0. The summed E-state index contributed by atoms with van der Waals surface area (Å²) in [5.41, 5.74) is 1.48. The molecule has 2 aromatic carbocycles. The average Bonchev–Trinajstić information content (AvgIpc) is 2.98. The first kappa shape index (κ1) is 17.2. The Bertz CT molecular complexity index is 929. The normalized spacial score (nSPS) is 12.2.